The Balaban J connectivity index is 2.28. The van der Waals surface area contributed by atoms with Gasteiger partial charge in [-0.1, -0.05) is 0 Å². The molecule has 1 atom stereocenters. The maximum Gasteiger partial charge on any atom is 0.0957 e. The van der Waals surface area contributed by atoms with E-state index in [0.29, 0.717) is 6.61 Å². The molecule has 0 spiro atoms. The van der Waals surface area contributed by atoms with Crippen molar-refractivity contribution in [3.63, 3.8) is 0 Å². The van der Waals surface area contributed by atoms with Crippen molar-refractivity contribution in [2.45, 2.75) is 25.9 Å². The Morgan fingerprint density at radius 2 is 2.43 bits per heavy atom. The third-order valence-corrected chi connectivity index (χ3v) is 2.17. The molecule has 1 rings (SSSR count). The van der Waals surface area contributed by atoms with Gasteiger partial charge in [0.1, 0.15) is 0 Å². The smallest absolute Gasteiger partial charge is 0.0957 e. The van der Waals surface area contributed by atoms with E-state index in [2.05, 4.69) is 5.10 Å². The summed E-state index contributed by atoms with van der Waals surface area (Å²) < 4.78 is 6.90. The van der Waals surface area contributed by atoms with Crippen molar-refractivity contribution in [2.24, 2.45) is 7.05 Å². The molecule has 1 N–H and O–H groups in total. The quantitative estimate of drug-likeness (QED) is 0.700. The Hall–Kier alpha value is -0.870. The van der Waals surface area contributed by atoms with E-state index in [1.165, 1.54) is 0 Å². The van der Waals surface area contributed by atoms with Gasteiger partial charge in [-0.3, -0.25) is 4.68 Å². The van der Waals surface area contributed by atoms with Gasteiger partial charge in [-0.2, -0.15) is 5.10 Å². The van der Waals surface area contributed by atoms with Gasteiger partial charge in [-0.25, -0.2) is 0 Å². The van der Waals surface area contributed by atoms with Crippen molar-refractivity contribution in [3.05, 3.63) is 18.0 Å². The maximum absolute atomic E-state index is 9.77. The second-order valence-electron chi connectivity index (χ2n) is 3.23. The van der Waals surface area contributed by atoms with Crippen molar-refractivity contribution in [3.8, 4) is 0 Å². The van der Waals surface area contributed by atoms with Gasteiger partial charge in [-0.15, -0.1) is 0 Å². The van der Waals surface area contributed by atoms with Crippen molar-refractivity contribution < 1.29 is 9.84 Å². The number of hydrogen-bond donors (Lipinski definition) is 1. The van der Waals surface area contributed by atoms with Gasteiger partial charge in [0.2, 0.25) is 0 Å². The summed E-state index contributed by atoms with van der Waals surface area (Å²) in [5.41, 5.74) is 0.862. The van der Waals surface area contributed by atoms with E-state index in [4.69, 9.17) is 4.74 Å². The van der Waals surface area contributed by atoms with Crippen LogP contribution < -0.4 is 0 Å². The molecule has 1 heterocycles. The molecule has 1 unspecified atom stereocenters. The van der Waals surface area contributed by atoms with Crippen LogP contribution in [-0.4, -0.2) is 28.1 Å². The summed E-state index contributed by atoms with van der Waals surface area (Å²) in [7, 11) is 1.83. The molecule has 4 nitrogen and oxygen atoms in total. The number of hydrogen-bond acceptors (Lipinski definition) is 3. The standard InChI is InChI=1S/C10H18N2O2/c1-3-14-8-4-5-10(13)9-6-7-11-12(9)2/h6-7,10,13H,3-5,8H2,1-2H3. The van der Waals surface area contributed by atoms with E-state index in [0.717, 1.165) is 25.1 Å². The van der Waals surface area contributed by atoms with E-state index in [-0.39, 0.29) is 0 Å². The van der Waals surface area contributed by atoms with Crippen molar-refractivity contribution in [1.82, 2.24) is 9.78 Å². The summed E-state index contributed by atoms with van der Waals surface area (Å²) in [5, 5.41) is 13.8. The number of aromatic nitrogens is 2. The summed E-state index contributed by atoms with van der Waals surface area (Å²) in [6.07, 6.45) is 2.86. The van der Waals surface area contributed by atoms with Gasteiger partial charge >= 0.3 is 0 Å². The average Bonchev–Trinajstić information content (AvgIpc) is 2.59. The first-order chi connectivity index (χ1) is 6.75. The van der Waals surface area contributed by atoms with Crippen LogP contribution in [0.3, 0.4) is 0 Å². The predicted octanol–water partition coefficient (Wildman–Crippen LogP) is 1.27. The van der Waals surface area contributed by atoms with Crippen LogP contribution in [0.2, 0.25) is 0 Å². The molecule has 0 aliphatic carbocycles. The molecule has 0 saturated carbocycles. The molecule has 0 fully saturated rings. The molecule has 0 bridgehead atoms. The van der Waals surface area contributed by atoms with E-state index < -0.39 is 6.10 Å². The zero-order valence-electron chi connectivity index (χ0n) is 8.81. The van der Waals surface area contributed by atoms with Crippen LogP contribution in [0.4, 0.5) is 0 Å². The number of aliphatic hydroxyl groups excluding tert-OH is 1. The van der Waals surface area contributed by atoms with Crippen LogP contribution in [0.5, 0.6) is 0 Å². The van der Waals surface area contributed by atoms with Gasteiger partial charge in [0, 0.05) is 26.5 Å². The fourth-order valence-corrected chi connectivity index (χ4v) is 1.38. The molecule has 0 aliphatic heterocycles. The van der Waals surface area contributed by atoms with Crippen LogP contribution in [0, 0.1) is 0 Å². The summed E-state index contributed by atoms with van der Waals surface area (Å²) in [4.78, 5) is 0. The zero-order valence-corrected chi connectivity index (χ0v) is 8.81. The van der Waals surface area contributed by atoms with Gasteiger partial charge < -0.3 is 9.84 Å². The Morgan fingerprint density at radius 1 is 1.64 bits per heavy atom. The highest BCUT2D eigenvalue weighted by atomic mass is 16.5. The lowest BCUT2D eigenvalue weighted by Gasteiger charge is -2.10. The highest BCUT2D eigenvalue weighted by Gasteiger charge is 2.10. The van der Waals surface area contributed by atoms with Gasteiger partial charge in [0.15, 0.2) is 0 Å². The molecule has 1 aromatic rings. The molecule has 1 aromatic heterocycles. The van der Waals surface area contributed by atoms with Crippen LogP contribution in [0.15, 0.2) is 12.3 Å². The minimum Gasteiger partial charge on any atom is -0.387 e. The van der Waals surface area contributed by atoms with Crippen molar-refractivity contribution >= 4 is 0 Å². The summed E-state index contributed by atoms with van der Waals surface area (Å²) in [6, 6.07) is 1.84. The van der Waals surface area contributed by atoms with Crippen LogP contribution >= 0.6 is 0 Å². The molecule has 0 radical (unpaired) electrons. The normalized spacial score (nSPS) is 13.1. The summed E-state index contributed by atoms with van der Waals surface area (Å²) >= 11 is 0. The van der Waals surface area contributed by atoms with Crippen LogP contribution in [0.1, 0.15) is 31.6 Å². The highest BCUT2D eigenvalue weighted by molar-refractivity contribution is 5.03. The summed E-state index contributed by atoms with van der Waals surface area (Å²) in [5.74, 6) is 0. The number of rotatable bonds is 6. The third-order valence-electron chi connectivity index (χ3n) is 2.17. The lowest BCUT2D eigenvalue weighted by molar-refractivity contribution is 0.111. The second kappa shape index (κ2) is 5.78. The van der Waals surface area contributed by atoms with E-state index in [1.807, 2.05) is 20.0 Å². The first-order valence-corrected chi connectivity index (χ1v) is 4.99. The number of aliphatic hydroxyl groups is 1. The minimum absolute atomic E-state index is 0.428. The Morgan fingerprint density at radius 3 is 3.00 bits per heavy atom. The maximum atomic E-state index is 9.77. The first kappa shape index (κ1) is 11.2. The summed E-state index contributed by atoms with van der Waals surface area (Å²) in [6.45, 7) is 3.42. The van der Waals surface area contributed by atoms with Gasteiger partial charge in [-0.05, 0) is 25.8 Å². The van der Waals surface area contributed by atoms with Crippen LogP contribution in [0.25, 0.3) is 0 Å². The van der Waals surface area contributed by atoms with E-state index in [1.54, 1.807) is 10.9 Å². The molecule has 0 aromatic carbocycles. The number of ether oxygens (including phenoxy) is 1. The average molecular weight is 198 g/mol. The molecule has 4 heteroatoms. The molecule has 0 saturated heterocycles. The third kappa shape index (κ3) is 3.12. The monoisotopic (exact) mass is 198 g/mol. The Kier molecular flexibility index (Phi) is 4.62. The molecular formula is C10H18N2O2. The van der Waals surface area contributed by atoms with Crippen molar-refractivity contribution in [2.75, 3.05) is 13.2 Å². The second-order valence-corrected chi connectivity index (χ2v) is 3.23. The zero-order chi connectivity index (χ0) is 10.4. The SMILES string of the molecule is CCOCCCC(O)c1ccnn1C. The largest absolute Gasteiger partial charge is 0.387 e. The van der Waals surface area contributed by atoms with E-state index >= 15 is 0 Å². The number of nitrogens with zero attached hydrogens (tertiary/aromatic N) is 2. The Bertz CT molecular complexity index is 260. The predicted molar refractivity (Wildman–Crippen MR) is 53.9 cm³/mol. The first-order valence-electron chi connectivity index (χ1n) is 4.99. The molecule has 0 amide bonds. The van der Waals surface area contributed by atoms with E-state index in [9.17, 15) is 5.11 Å². The minimum atomic E-state index is -0.428. The fourth-order valence-electron chi connectivity index (χ4n) is 1.38. The highest BCUT2D eigenvalue weighted by Crippen LogP contribution is 2.16. The fraction of sp³-hybridized carbons (Fsp3) is 0.700. The lowest BCUT2D eigenvalue weighted by atomic mass is 10.1. The van der Waals surface area contributed by atoms with Gasteiger partial charge in [0.05, 0.1) is 11.8 Å². The molecular weight excluding hydrogens is 180 g/mol. The molecule has 0 aliphatic rings. The Labute approximate surface area is 84.5 Å². The van der Waals surface area contributed by atoms with Gasteiger partial charge in [0.25, 0.3) is 0 Å². The molecule has 14 heavy (non-hydrogen) atoms. The van der Waals surface area contributed by atoms with Crippen LogP contribution in [-0.2, 0) is 11.8 Å². The number of aryl methyl sites for hydroxylation is 1. The molecule has 80 valence electrons. The van der Waals surface area contributed by atoms with Crippen molar-refractivity contribution in [1.29, 1.82) is 0 Å². The topological polar surface area (TPSA) is 47.3 Å². The lowest BCUT2D eigenvalue weighted by Crippen LogP contribution is -2.06.